The molecule has 0 atom stereocenters. The van der Waals surface area contributed by atoms with E-state index in [0.29, 0.717) is 0 Å². The van der Waals surface area contributed by atoms with Crippen molar-refractivity contribution >= 4 is 23.9 Å². The van der Waals surface area contributed by atoms with Crippen molar-refractivity contribution < 1.29 is 4.39 Å². The van der Waals surface area contributed by atoms with E-state index in [1.165, 1.54) is 21.1 Å². The van der Waals surface area contributed by atoms with Gasteiger partial charge in [0.1, 0.15) is 0 Å². The van der Waals surface area contributed by atoms with Gasteiger partial charge >= 0.3 is 87.9 Å². The molecule has 0 bridgehead atoms. The molecule has 0 fully saturated rings. The monoisotopic (exact) mass is 253 g/mol. The summed E-state index contributed by atoms with van der Waals surface area (Å²) in [7, 11) is 0. The van der Waals surface area contributed by atoms with Crippen molar-refractivity contribution in [3.05, 3.63) is 54.6 Å². The number of halogens is 1. The average molecular weight is 252 g/mol. The fourth-order valence-electron chi connectivity index (χ4n) is 1.04. The van der Waals surface area contributed by atoms with Crippen LogP contribution in [0.1, 0.15) is 0 Å². The first kappa shape index (κ1) is 9.38. The molecule has 0 amide bonds. The molecule has 0 radical (unpaired) electrons. The molecule has 1 nitrogen and oxygen atoms in total. The van der Waals surface area contributed by atoms with Crippen LogP contribution in [0.3, 0.4) is 0 Å². The Morgan fingerprint density at radius 2 is 1.43 bits per heavy atom. The van der Waals surface area contributed by atoms with Crippen LogP contribution >= 0.6 is 0 Å². The molecule has 1 heterocycles. The van der Waals surface area contributed by atoms with E-state index in [4.69, 9.17) is 0 Å². The molecule has 0 spiro atoms. The number of hydrogen-bond acceptors (Lipinski definition) is 1. The first-order chi connectivity index (χ1) is 6.84. The third-order valence-electron chi connectivity index (χ3n) is 1.70. The quantitative estimate of drug-likeness (QED) is 0.723. The SMILES string of the molecule is Fc1ccc([Se]c2ccncc2)cc1. The Kier molecular flexibility index (Phi) is 2.92. The number of aromatic nitrogens is 1. The maximum absolute atomic E-state index is 12.6. The molecule has 3 heteroatoms. The van der Waals surface area contributed by atoms with Crippen molar-refractivity contribution in [2.45, 2.75) is 0 Å². The number of nitrogens with zero attached hydrogens (tertiary/aromatic N) is 1. The van der Waals surface area contributed by atoms with E-state index in [1.54, 1.807) is 12.4 Å². The second-order valence-electron chi connectivity index (χ2n) is 2.74. The molecule has 1 aromatic carbocycles. The minimum absolute atomic E-state index is 0.181. The van der Waals surface area contributed by atoms with Crippen LogP contribution in [0, 0.1) is 5.82 Å². The van der Waals surface area contributed by atoms with E-state index in [2.05, 4.69) is 4.98 Å². The summed E-state index contributed by atoms with van der Waals surface area (Å²) in [6.07, 6.45) is 3.56. The van der Waals surface area contributed by atoms with E-state index in [9.17, 15) is 4.39 Å². The van der Waals surface area contributed by atoms with Crippen LogP contribution in [0.15, 0.2) is 48.8 Å². The van der Waals surface area contributed by atoms with Crippen LogP contribution in [0.5, 0.6) is 0 Å². The van der Waals surface area contributed by atoms with Gasteiger partial charge in [-0.05, 0) is 0 Å². The summed E-state index contributed by atoms with van der Waals surface area (Å²) in [5.41, 5.74) is 0. The van der Waals surface area contributed by atoms with Crippen LogP contribution in [0.4, 0.5) is 4.39 Å². The number of hydrogen-bond donors (Lipinski definition) is 0. The molecule has 70 valence electrons. The van der Waals surface area contributed by atoms with Gasteiger partial charge in [0, 0.05) is 0 Å². The Balaban J connectivity index is 2.16. The van der Waals surface area contributed by atoms with Crippen molar-refractivity contribution in [3.63, 3.8) is 0 Å². The zero-order valence-electron chi connectivity index (χ0n) is 7.35. The molecule has 0 unspecified atom stereocenters. The Morgan fingerprint density at radius 1 is 0.857 bits per heavy atom. The van der Waals surface area contributed by atoms with Crippen molar-refractivity contribution in [2.24, 2.45) is 0 Å². The van der Waals surface area contributed by atoms with Crippen LogP contribution in [-0.2, 0) is 0 Å². The van der Waals surface area contributed by atoms with Gasteiger partial charge in [0.15, 0.2) is 0 Å². The molecular weight excluding hydrogens is 244 g/mol. The average Bonchev–Trinajstić information content (AvgIpc) is 2.23. The van der Waals surface area contributed by atoms with Gasteiger partial charge < -0.3 is 0 Å². The van der Waals surface area contributed by atoms with Crippen molar-refractivity contribution in [1.82, 2.24) is 4.98 Å². The van der Waals surface area contributed by atoms with E-state index >= 15 is 0 Å². The van der Waals surface area contributed by atoms with Gasteiger partial charge in [-0.3, -0.25) is 0 Å². The maximum atomic E-state index is 12.6. The third kappa shape index (κ3) is 2.41. The molecule has 0 N–H and O–H groups in total. The summed E-state index contributed by atoms with van der Waals surface area (Å²) in [6, 6.07) is 10.6. The van der Waals surface area contributed by atoms with Gasteiger partial charge in [0.2, 0.25) is 0 Å². The molecular formula is C11H8FNSe. The Hall–Kier alpha value is -1.18. The Labute approximate surface area is 88.2 Å². The van der Waals surface area contributed by atoms with Crippen molar-refractivity contribution in [3.8, 4) is 0 Å². The number of rotatable bonds is 2. The number of pyridine rings is 1. The summed E-state index contributed by atoms with van der Waals surface area (Å²) in [6.45, 7) is 0. The van der Waals surface area contributed by atoms with Crippen molar-refractivity contribution in [1.29, 1.82) is 0 Å². The molecule has 0 saturated carbocycles. The van der Waals surface area contributed by atoms with Crippen LogP contribution in [-0.4, -0.2) is 19.9 Å². The van der Waals surface area contributed by atoms with E-state index in [-0.39, 0.29) is 20.8 Å². The molecule has 0 aliphatic rings. The first-order valence-corrected chi connectivity index (χ1v) is 5.89. The summed E-state index contributed by atoms with van der Waals surface area (Å²) < 4.78 is 15.0. The van der Waals surface area contributed by atoms with Gasteiger partial charge in [-0.15, -0.1) is 0 Å². The minimum atomic E-state index is -0.181. The molecule has 2 rings (SSSR count). The van der Waals surface area contributed by atoms with Crippen LogP contribution < -0.4 is 8.92 Å². The standard InChI is InChI=1S/C11H8FNSe/c12-9-1-3-10(4-2-9)14-11-5-7-13-8-6-11/h1-8H. The van der Waals surface area contributed by atoms with Crippen LogP contribution in [0.25, 0.3) is 0 Å². The molecule has 0 aliphatic carbocycles. The molecule has 14 heavy (non-hydrogen) atoms. The fraction of sp³-hybridized carbons (Fsp3) is 0. The second-order valence-corrected chi connectivity index (χ2v) is 5.15. The molecule has 0 aliphatic heterocycles. The predicted molar refractivity (Wildman–Crippen MR) is 55.7 cm³/mol. The summed E-state index contributed by atoms with van der Waals surface area (Å²) >= 11 is 0.247. The summed E-state index contributed by atoms with van der Waals surface area (Å²) in [5.74, 6) is -0.181. The fourth-order valence-corrected chi connectivity index (χ4v) is 2.73. The van der Waals surface area contributed by atoms with E-state index < -0.39 is 0 Å². The zero-order valence-corrected chi connectivity index (χ0v) is 9.07. The van der Waals surface area contributed by atoms with Gasteiger partial charge in [-0.1, -0.05) is 0 Å². The van der Waals surface area contributed by atoms with E-state index in [1.807, 2.05) is 24.3 Å². The van der Waals surface area contributed by atoms with Gasteiger partial charge in [0.05, 0.1) is 0 Å². The molecule has 1 aromatic heterocycles. The molecule has 0 saturated heterocycles. The van der Waals surface area contributed by atoms with Gasteiger partial charge in [0.25, 0.3) is 0 Å². The van der Waals surface area contributed by atoms with Gasteiger partial charge in [-0.2, -0.15) is 0 Å². The summed E-state index contributed by atoms with van der Waals surface area (Å²) in [5, 5.41) is 0. The van der Waals surface area contributed by atoms with E-state index in [0.717, 1.165) is 0 Å². The number of benzene rings is 1. The van der Waals surface area contributed by atoms with Crippen molar-refractivity contribution in [2.75, 3.05) is 0 Å². The first-order valence-electron chi connectivity index (χ1n) is 4.18. The third-order valence-corrected chi connectivity index (χ3v) is 3.83. The Morgan fingerprint density at radius 3 is 2.07 bits per heavy atom. The normalized spacial score (nSPS) is 10.1. The van der Waals surface area contributed by atoms with Gasteiger partial charge in [-0.25, -0.2) is 0 Å². The zero-order chi connectivity index (χ0) is 9.80. The van der Waals surface area contributed by atoms with Crippen LogP contribution in [0.2, 0.25) is 0 Å². The Bertz CT molecular complexity index is 399. The predicted octanol–water partition coefficient (Wildman–Crippen LogP) is 0.876. The summed E-state index contributed by atoms with van der Waals surface area (Å²) in [4.78, 5) is 3.95. The topological polar surface area (TPSA) is 12.9 Å². The second kappa shape index (κ2) is 4.36. The molecule has 2 aromatic rings.